The summed E-state index contributed by atoms with van der Waals surface area (Å²) in [7, 11) is -4.01. The number of carboxylic acids is 1. The Morgan fingerprint density at radius 2 is 2.00 bits per heavy atom. The van der Waals surface area contributed by atoms with Gasteiger partial charge in [-0.25, -0.2) is 13.6 Å². The summed E-state index contributed by atoms with van der Waals surface area (Å²) < 4.78 is 21.8. The fourth-order valence-corrected chi connectivity index (χ4v) is 1.92. The number of carboxylic acid groups (broad SMARTS) is 1. The minimum absolute atomic E-state index is 0.127. The maximum absolute atomic E-state index is 10.9. The van der Waals surface area contributed by atoms with E-state index in [2.05, 4.69) is 0 Å². The lowest BCUT2D eigenvalue weighted by atomic mass is 10.2. The van der Waals surface area contributed by atoms with Gasteiger partial charge in [0.1, 0.15) is 4.90 Å². The van der Waals surface area contributed by atoms with Crippen molar-refractivity contribution in [3.63, 3.8) is 0 Å². The second kappa shape index (κ2) is 3.56. The van der Waals surface area contributed by atoms with Gasteiger partial charge in [-0.2, -0.15) is 0 Å². The smallest absolute Gasteiger partial charge is 0.239 e. The molecule has 0 spiro atoms. The van der Waals surface area contributed by atoms with E-state index in [4.69, 9.17) is 16.7 Å². The summed E-state index contributed by atoms with van der Waals surface area (Å²) in [5, 5.41) is 15.1. The van der Waals surface area contributed by atoms with Gasteiger partial charge >= 0.3 is 0 Å². The van der Waals surface area contributed by atoms with E-state index in [0.29, 0.717) is 0 Å². The van der Waals surface area contributed by atoms with Crippen molar-refractivity contribution >= 4 is 27.6 Å². The number of benzene rings is 1. The normalized spacial score (nSPS) is 11.3. The molecular weight excluding hydrogens is 230 g/mol. The summed E-state index contributed by atoms with van der Waals surface area (Å²) in [6, 6.07) is 3.12. The van der Waals surface area contributed by atoms with Gasteiger partial charge < -0.3 is 9.90 Å². The maximum Gasteiger partial charge on any atom is 0.239 e. The number of hydrogen-bond donors (Lipinski definition) is 1. The lowest BCUT2D eigenvalue weighted by molar-refractivity contribution is -0.255. The first-order valence-electron chi connectivity index (χ1n) is 3.36. The standard InChI is InChI=1S/C7H6ClNO4S/c8-5-2-1-4(7(10)11)3-6(5)14(9,12)13/h1-3H,(H,10,11)(H2,9,12,13)/p-1. The molecule has 1 aromatic carbocycles. The van der Waals surface area contributed by atoms with Crippen LogP contribution >= 0.6 is 11.6 Å². The molecule has 1 rings (SSSR count). The Morgan fingerprint density at radius 1 is 1.43 bits per heavy atom. The highest BCUT2D eigenvalue weighted by Crippen LogP contribution is 2.20. The highest BCUT2D eigenvalue weighted by Gasteiger charge is 2.13. The summed E-state index contributed by atoms with van der Waals surface area (Å²) in [6.45, 7) is 0. The lowest BCUT2D eigenvalue weighted by Gasteiger charge is -2.05. The zero-order valence-corrected chi connectivity index (χ0v) is 8.30. The van der Waals surface area contributed by atoms with Crippen LogP contribution in [0.2, 0.25) is 5.02 Å². The molecule has 14 heavy (non-hydrogen) atoms. The molecule has 0 fully saturated rings. The van der Waals surface area contributed by atoms with E-state index >= 15 is 0 Å². The predicted molar refractivity (Wildman–Crippen MR) is 47.2 cm³/mol. The number of rotatable bonds is 2. The molecule has 0 radical (unpaired) electrons. The van der Waals surface area contributed by atoms with Crippen LogP contribution in [-0.4, -0.2) is 14.4 Å². The molecule has 0 aliphatic carbocycles. The quantitative estimate of drug-likeness (QED) is 0.735. The highest BCUT2D eigenvalue weighted by molar-refractivity contribution is 7.89. The van der Waals surface area contributed by atoms with Crippen LogP contribution in [0.1, 0.15) is 10.4 Å². The lowest BCUT2D eigenvalue weighted by Crippen LogP contribution is -2.23. The minimum atomic E-state index is -4.01. The van der Waals surface area contributed by atoms with Crippen molar-refractivity contribution in [3.05, 3.63) is 28.8 Å². The number of sulfonamides is 1. The van der Waals surface area contributed by atoms with E-state index in [1.165, 1.54) is 0 Å². The van der Waals surface area contributed by atoms with Gasteiger partial charge in [-0.15, -0.1) is 0 Å². The van der Waals surface area contributed by atoms with Crippen molar-refractivity contribution in [2.75, 3.05) is 0 Å². The summed E-state index contributed by atoms with van der Waals surface area (Å²) >= 11 is 5.51. The fourth-order valence-electron chi connectivity index (χ4n) is 0.848. The number of carbonyl (C=O) groups is 1. The molecule has 0 saturated carbocycles. The zero-order chi connectivity index (χ0) is 10.9. The van der Waals surface area contributed by atoms with Gasteiger partial charge in [0.05, 0.1) is 11.0 Å². The van der Waals surface area contributed by atoms with E-state index in [1.54, 1.807) is 0 Å². The second-order valence-corrected chi connectivity index (χ2v) is 4.41. The molecule has 0 heterocycles. The molecule has 1 aromatic rings. The molecule has 5 nitrogen and oxygen atoms in total. The topological polar surface area (TPSA) is 100 Å². The first-order valence-corrected chi connectivity index (χ1v) is 5.28. The van der Waals surface area contributed by atoms with Crippen LogP contribution in [0.5, 0.6) is 0 Å². The average Bonchev–Trinajstić information content (AvgIpc) is 2.02. The van der Waals surface area contributed by atoms with Gasteiger partial charge in [0.15, 0.2) is 0 Å². The van der Waals surface area contributed by atoms with E-state index in [9.17, 15) is 18.3 Å². The first-order chi connectivity index (χ1) is 6.32. The van der Waals surface area contributed by atoms with Crippen molar-refractivity contribution < 1.29 is 18.3 Å². The molecule has 0 atom stereocenters. The molecule has 7 heteroatoms. The Hall–Kier alpha value is -1.11. The molecule has 0 aromatic heterocycles. The van der Waals surface area contributed by atoms with Crippen molar-refractivity contribution in [3.8, 4) is 0 Å². The summed E-state index contributed by atoms with van der Waals surface area (Å²) in [5.41, 5.74) is -0.293. The molecular formula is C7H5ClNO4S-. The van der Waals surface area contributed by atoms with E-state index in [1.807, 2.05) is 0 Å². The molecule has 0 aliphatic rings. The van der Waals surface area contributed by atoms with Gasteiger partial charge in [0.2, 0.25) is 10.0 Å². The van der Waals surface area contributed by atoms with E-state index in [-0.39, 0.29) is 10.6 Å². The van der Waals surface area contributed by atoms with Gasteiger partial charge in [0, 0.05) is 0 Å². The molecule has 0 amide bonds. The zero-order valence-electron chi connectivity index (χ0n) is 6.73. The number of halogens is 1. The number of hydrogen-bond acceptors (Lipinski definition) is 4. The molecule has 76 valence electrons. The minimum Gasteiger partial charge on any atom is -0.545 e. The van der Waals surface area contributed by atoms with Crippen molar-refractivity contribution in [1.82, 2.24) is 0 Å². The third kappa shape index (κ3) is 2.22. The SMILES string of the molecule is NS(=O)(=O)c1cc(C(=O)[O-])ccc1Cl. The van der Waals surface area contributed by atoms with Crippen LogP contribution in [-0.2, 0) is 10.0 Å². The molecule has 0 saturated heterocycles. The Balaban J connectivity index is 3.44. The first kappa shape index (κ1) is 11.0. The van der Waals surface area contributed by atoms with Crippen molar-refractivity contribution in [1.29, 1.82) is 0 Å². The summed E-state index contributed by atoms with van der Waals surface area (Å²) in [5.74, 6) is -1.49. The second-order valence-electron chi connectivity index (χ2n) is 2.48. The number of carbonyl (C=O) groups excluding carboxylic acids is 1. The Bertz CT molecular complexity index is 482. The van der Waals surface area contributed by atoms with E-state index < -0.39 is 20.9 Å². The largest absolute Gasteiger partial charge is 0.545 e. The van der Waals surface area contributed by atoms with Crippen LogP contribution in [0.15, 0.2) is 23.1 Å². The van der Waals surface area contributed by atoms with Crippen LogP contribution in [0.25, 0.3) is 0 Å². The van der Waals surface area contributed by atoms with Gasteiger partial charge in [-0.3, -0.25) is 0 Å². The van der Waals surface area contributed by atoms with E-state index in [0.717, 1.165) is 18.2 Å². The van der Waals surface area contributed by atoms with Crippen LogP contribution in [0.3, 0.4) is 0 Å². The molecule has 0 aliphatic heterocycles. The van der Waals surface area contributed by atoms with Crippen molar-refractivity contribution in [2.45, 2.75) is 4.90 Å². The number of nitrogens with two attached hydrogens (primary N) is 1. The summed E-state index contributed by atoms with van der Waals surface area (Å²) in [6.07, 6.45) is 0. The Morgan fingerprint density at radius 3 is 2.43 bits per heavy atom. The Labute approximate surface area is 85.2 Å². The van der Waals surface area contributed by atoms with Gasteiger partial charge in [-0.1, -0.05) is 17.7 Å². The van der Waals surface area contributed by atoms with Gasteiger partial charge in [-0.05, 0) is 17.7 Å². The van der Waals surface area contributed by atoms with Crippen molar-refractivity contribution in [2.24, 2.45) is 5.14 Å². The molecule has 2 N–H and O–H groups in total. The number of aromatic carboxylic acids is 1. The Kier molecular flexibility index (Phi) is 2.79. The maximum atomic E-state index is 10.9. The highest BCUT2D eigenvalue weighted by atomic mass is 35.5. The third-order valence-electron chi connectivity index (χ3n) is 1.47. The van der Waals surface area contributed by atoms with Crippen LogP contribution in [0.4, 0.5) is 0 Å². The fraction of sp³-hybridized carbons (Fsp3) is 0. The summed E-state index contributed by atoms with van der Waals surface area (Å²) in [4.78, 5) is 9.97. The molecule has 0 unspecified atom stereocenters. The number of primary sulfonamides is 1. The van der Waals surface area contributed by atoms with Gasteiger partial charge in [0.25, 0.3) is 0 Å². The van der Waals surface area contributed by atoms with Crippen LogP contribution in [0, 0.1) is 0 Å². The third-order valence-corrected chi connectivity index (χ3v) is 2.87. The van der Waals surface area contributed by atoms with Crippen LogP contribution < -0.4 is 10.2 Å². The molecule has 0 bridgehead atoms. The predicted octanol–water partition coefficient (Wildman–Crippen LogP) is -0.649. The monoisotopic (exact) mass is 234 g/mol. The average molecular weight is 235 g/mol.